The molecule has 0 bridgehead atoms. The fourth-order valence-corrected chi connectivity index (χ4v) is 2.11. The second-order valence-corrected chi connectivity index (χ2v) is 5.03. The molecule has 0 aliphatic rings. The summed E-state index contributed by atoms with van der Waals surface area (Å²) in [6.07, 6.45) is 1.79. The third-order valence-electron chi connectivity index (χ3n) is 3.05. The number of methoxy groups -OCH3 is 1. The minimum Gasteiger partial charge on any atom is -0.493 e. The molecule has 0 heterocycles. The van der Waals surface area contributed by atoms with E-state index in [4.69, 9.17) is 26.2 Å². The summed E-state index contributed by atoms with van der Waals surface area (Å²) in [5.41, 5.74) is 1.00. The second-order valence-electron chi connectivity index (χ2n) is 4.63. The molecule has 0 amide bonds. The van der Waals surface area contributed by atoms with Gasteiger partial charge in [0.1, 0.15) is 0 Å². The zero-order valence-electron chi connectivity index (χ0n) is 12.4. The molecule has 0 aromatic heterocycles. The van der Waals surface area contributed by atoms with Gasteiger partial charge in [-0.25, -0.2) is 0 Å². The van der Waals surface area contributed by atoms with Crippen molar-refractivity contribution in [3.8, 4) is 11.5 Å². The maximum atomic E-state index is 9.17. The van der Waals surface area contributed by atoms with E-state index in [0.29, 0.717) is 29.7 Å². The van der Waals surface area contributed by atoms with Crippen LogP contribution < -0.4 is 14.8 Å². The molecule has 0 unspecified atom stereocenters. The first-order valence-electron chi connectivity index (χ1n) is 6.99. The van der Waals surface area contributed by atoms with Crippen LogP contribution >= 0.6 is 11.6 Å². The minimum atomic E-state index is 0.0933. The number of aliphatic hydroxyl groups excluding tert-OH is 1. The van der Waals surface area contributed by atoms with Gasteiger partial charge in [0.15, 0.2) is 11.5 Å². The normalized spacial score (nSPS) is 12.2. The predicted octanol–water partition coefficient (Wildman–Crippen LogP) is 3.00. The summed E-state index contributed by atoms with van der Waals surface area (Å²) in [6.45, 7) is 5.43. The van der Waals surface area contributed by atoms with E-state index in [1.807, 2.05) is 26.0 Å². The van der Waals surface area contributed by atoms with E-state index in [-0.39, 0.29) is 12.6 Å². The molecular weight excluding hydrogens is 278 g/mol. The molecule has 1 atom stereocenters. The first-order valence-corrected chi connectivity index (χ1v) is 7.37. The van der Waals surface area contributed by atoms with Crippen LogP contribution in [-0.4, -0.2) is 31.5 Å². The lowest BCUT2D eigenvalue weighted by Crippen LogP contribution is -2.31. The van der Waals surface area contributed by atoms with E-state index < -0.39 is 0 Å². The largest absolute Gasteiger partial charge is 0.493 e. The predicted molar refractivity (Wildman–Crippen MR) is 81.8 cm³/mol. The van der Waals surface area contributed by atoms with Crippen molar-refractivity contribution in [2.75, 3.05) is 20.3 Å². The number of rotatable bonds is 9. The van der Waals surface area contributed by atoms with Gasteiger partial charge in [0.2, 0.25) is 0 Å². The van der Waals surface area contributed by atoms with Gasteiger partial charge in [-0.3, -0.25) is 0 Å². The summed E-state index contributed by atoms with van der Waals surface area (Å²) >= 11 is 6.25. The van der Waals surface area contributed by atoms with E-state index in [9.17, 15) is 0 Å². The maximum absolute atomic E-state index is 9.17. The first kappa shape index (κ1) is 17.1. The number of nitrogens with one attached hydrogen (secondary N) is 1. The average Bonchev–Trinajstić information content (AvgIpc) is 2.46. The Labute approximate surface area is 126 Å². The Bertz CT molecular complexity index is 408. The van der Waals surface area contributed by atoms with Gasteiger partial charge in [0.05, 0.1) is 25.3 Å². The molecule has 1 aromatic rings. The van der Waals surface area contributed by atoms with Crippen LogP contribution in [0.25, 0.3) is 0 Å². The molecule has 0 spiro atoms. The Morgan fingerprint density at radius 2 is 2.10 bits per heavy atom. The van der Waals surface area contributed by atoms with Gasteiger partial charge < -0.3 is 19.9 Å². The van der Waals surface area contributed by atoms with Gasteiger partial charge in [0, 0.05) is 12.6 Å². The lowest BCUT2D eigenvalue weighted by Gasteiger charge is -2.16. The van der Waals surface area contributed by atoms with Crippen LogP contribution in [0.1, 0.15) is 32.3 Å². The minimum absolute atomic E-state index is 0.0933. The van der Waals surface area contributed by atoms with Crippen molar-refractivity contribution in [1.29, 1.82) is 0 Å². The fourth-order valence-electron chi connectivity index (χ4n) is 1.82. The molecule has 114 valence electrons. The SMILES string of the molecule is CCCOc1c(Cl)cc(CN[C@H](CC)CO)cc1OC. The zero-order valence-corrected chi connectivity index (χ0v) is 13.2. The van der Waals surface area contributed by atoms with Crippen LogP contribution in [0.3, 0.4) is 0 Å². The van der Waals surface area contributed by atoms with Gasteiger partial charge in [-0.15, -0.1) is 0 Å². The number of halogens is 1. The highest BCUT2D eigenvalue weighted by Gasteiger charge is 2.12. The highest BCUT2D eigenvalue weighted by atomic mass is 35.5. The van der Waals surface area contributed by atoms with Crippen molar-refractivity contribution in [2.24, 2.45) is 0 Å². The third kappa shape index (κ3) is 4.85. The Kier molecular flexibility index (Phi) is 7.73. The smallest absolute Gasteiger partial charge is 0.179 e. The zero-order chi connectivity index (χ0) is 15.0. The number of aliphatic hydroxyl groups is 1. The van der Waals surface area contributed by atoms with Crippen LogP contribution in [0.4, 0.5) is 0 Å². The van der Waals surface area contributed by atoms with Crippen LogP contribution in [0, 0.1) is 0 Å². The summed E-state index contributed by atoms with van der Waals surface area (Å²) < 4.78 is 11.0. The summed E-state index contributed by atoms with van der Waals surface area (Å²) in [5, 5.41) is 13.0. The lowest BCUT2D eigenvalue weighted by atomic mass is 10.1. The molecule has 1 aromatic carbocycles. The van der Waals surface area contributed by atoms with E-state index in [1.54, 1.807) is 7.11 Å². The first-order chi connectivity index (χ1) is 9.65. The van der Waals surface area contributed by atoms with Crippen molar-refractivity contribution in [3.05, 3.63) is 22.7 Å². The van der Waals surface area contributed by atoms with Gasteiger partial charge >= 0.3 is 0 Å². The molecule has 0 saturated carbocycles. The van der Waals surface area contributed by atoms with Crippen LogP contribution in [0.2, 0.25) is 5.02 Å². The summed E-state index contributed by atoms with van der Waals surface area (Å²) in [5.74, 6) is 1.23. The number of hydrogen-bond acceptors (Lipinski definition) is 4. The topological polar surface area (TPSA) is 50.7 Å². The maximum Gasteiger partial charge on any atom is 0.179 e. The van der Waals surface area contributed by atoms with Gasteiger partial charge in [0.25, 0.3) is 0 Å². The van der Waals surface area contributed by atoms with E-state index >= 15 is 0 Å². The molecule has 0 saturated heterocycles. The Balaban J connectivity index is 2.81. The lowest BCUT2D eigenvalue weighted by molar-refractivity contribution is 0.238. The van der Waals surface area contributed by atoms with Crippen LogP contribution in [0.5, 0.6) is 11.5 Å². The molecule has 4 nitrogen and oxygen atoms in total. The van der Waals surface area contributed by atoms with Crippen molar-refractivity contribution >= 4 is 11.6 Å². The Hall–Kier alpha value is -0.970. The number of ether oxygens (including phenoxy) is 2. The van der Waals surface area contributed by atoms with Crippen LogP contribution in [0.15, 0.2) is 12.1 Å². The number of benzene rings is 1. The highest BCUT2D eigenvalue weighted by Crippen LogP contribution is 2.36. The Morgan fingerprint density at radius 3 is 2.65 bits per heavy atom. The average molecular weight is 302 g/mol. The quantitative estimate of drug-likeness (QED) is 0.736. The molecular formula is C15H24ClNO3. The van der Waals surface area contributed by atoms with Crippen molar-refractivity contribution in [2.45, 2.75) is 39.3 Å². The van der Waals surface area contributed by atoms with Crippen molar-refractivity contribution in [3.63, 3.8) is 0 Å². The van der Waals surface area contributed by atoms with Gasteiger partial charge in [-0.2, -0.15) is 0 Å². The summed E-state index contributed by atoms with van der Waals surface area (Å²) in [6, 6.07) is 3.87. The van der Waals surface area contributed by atoms with Crippen LogP contribution in [-0.2, 0) is 6.54 Å². The second kappa shape index (κ2) is 9.06. The highest BCUT2D eigenvalue weighted by molar-refractivity contribution is 6.32. The molecule has 20 heavy (non-hydrogen) atoms. The molecule has 0 aliphatic carbocycles. The summed E-state index contributed by atoms with van der Waals surface area (Å²) in [7, 11) is 1.60. The molecule has 1 rings (SSSR count). The molecule has 0 aliphatic heterocycles. The van der Waals surface area contributed by atoms with Gasteiger partial charge in [-0.05, 0) is 30.5 Å². The van der Waals surface area contributed by atoms with Crippen molar-refractivity contribution in [1.82, 2.24) is 5.32 Å². The van der Waals surface area contributed by atoms with E-state index in [2.05, 4.69) is 5.32 Å². The molecule has 2 N–H and O–H groups in total. The standard InChI is InChI=1S/C15H24ClNO3/c1-4-6-20-15-13(16)7-11(8-14(15)19-3)9-17-12(5-2)10-18/h7-8,12,17-18H,4-6,9-10H2,1-3H3/t12-/m1/s1. The third-order valence-corrected chi connectivity index (χ3v) is 3.33. The monoisotopic (exact) mass is 301 g/mol. The van der Waals surface area contributed by atoms with Gasteiger partial charge in [-0.1, -0.05) is 25.4 Å². The molecule has 0 radical (unpaired) electrons. The fraction of sp³-hybridized carbons (Fsp3) is 0.600. The van der Waals surface area contributed by atoms with Crippen molar-refractivity contribution < 1.29 is 14.6 Å². The molecule has 0 fully saturated rings. The van der Waals surface area contributed by atoms with E-state index in [0.717, 1.165) is 18.4 Å². The summed E-state index contributed by atoms with van der Waals surface area (Å²) in [4.78, 5) is 0. The Morgan fingerprint density at radius 1 is 1.35 bits per heavy atom. The number of hydrogen-bond donors (Lipinski definition) is 2. The van der Waals surface area contributed by atoms with E-state index in [1.165, 1.54) is 0 Å². The molecule has 5 heteroatoms.